The molecule has 0 bridgehead atoms. The lowest BCUT2D eigenvalue weighted by molar-refractivity contribution is -0.119. The maximum atomic E-state index is 12.2. The maximum absolute atomic E-state index is 12.2. The van der Waals surface area contributed by atoms with Gasteiger partial charge in [-0.3, -0.25) is 14.6 Å². The predicted molar refractivity (Wildman–Crippen MR) is 141 cm³/mol. The van der Waals surface area contributed by atoms with E-state index in [1.807, 2.05) is 18.2 Å². The van der Waals surface area contributed by atoms with Crippen LogP contribution in [0.1, 0.15) is 18.3 Å². The van der Waals surface area contributed by atoms with Gasteiger partial charge in [-0.05, 0) is 30.3 Å². The second kappa shape index (κ2) is 12.5. The summed E-state index contributed by atoms with van der Waals surface area (Å²) in [6.45, 7) is 5.48. The third kappa shape index (κ3) is 7.14. The summed E-state index contributed by atoms with van der Waals surface area (Å²) in [6, 6.07) is 12.5. The van der Waals surface area contributed by atoms with E-state index in [1.165, 1.54) is 13.3 Å². The molecule has 0 aliphatic heterocycles. The van der Waals surface area contributed by atoms with Gasteiger partial charge >= 0.3 is 0 Å². The van der Waals surface area contributed by atoms with E-state index >= 15 is 0 Å². The molecule has 0 saturated heterocycles. The number of anilines is 2. The molecule has 4 rings (SSSR count). The van der Waals surface area contributed by atoms with Crippen molar-refractivity contribution in [2.75, 3.05) is 11.9 Å². The van der Waals surface area contributed by atoms with E-state index in [2.05, 4.69) is 42.6 Å². The van der Waals surface area contributed by atoms with Gasteiger partial charge in [0.15, 0.2) is 5.76 Å². The first-order valence-electron chi connectivity index (χ1n) is 11.4. The molecule has 1 aromatic carbocycles. The van der Waals surface area contributed by atoms with E-state index in [9.17, 15) is 9.59 Å². The first kappa shape index (κ1) is 26.3. The minimum atomic E-state index is -0.405. The Morgan fingerprint density at radius 1 is 1.11 bits per heavy atom. The molecule has 3 heterocycles. The van der Waals surface area contributed by atoms with Crippen LogP contribution >= 0.6 is 11.6 Å². The highest BCUT2D eigenvalue weighted by Crippen LogP contribution is 2.32. The molecule has 0 saturated carbocycles. The zero-order valence-electron chi connectivity index (χ0n) is 20.4. The summed E-state index contributed by atoms with van der Waals surface area (Å²) in [7, 11) is 0. The highest BCUT2D eigenvalue weighted by Gasteiger charge is 2.15. The zero-order chi connectivity index (χ0) is 26.9. The molecule has 0 spiro atoms. The Kier molecular flexibility index (Phi) is 8.62. The number of nitrogens with one attached hydrogen (secondary N) is 3. The second-order valence-electron chi connectivity index (χ2n) is 8.04. The van der Waals surface area contributed by atoms with Crippen LogP contribution in [0.3, 0.4) is 0 Å². The van der Waals surface area contributed by atoms with Crippen LogP contribution in [0.25, 0.3) is 11.3 Å². The lowest BCUT2D eigenvalue weighted by Crippen LogP contribution is -2.31. The molecule has 0 aliphatic rings. The van der Waals surface area contributed by atoms with E-state index in [0.29, 0.717) is 45.9 Å². The molecular formula is C26H24ClN7O4. The van der Waals surface area contributed by atoms with Gasteiger partial charge in [0.25, 0.3) is 0 Å². The van der Waals surface area contributed by atoms with Crippen molar-refractivity contribution in [2.45, 2.75) is 20.1 Å². The van der Waals surface area contributed by atoms with Gasteiger partial charge in [-0.15, -0.1) is 0 Å². The van der Waals surface area contributed by atoms with Crippen molar-refractivity contribution in [3.63, 3.8) is 0 Å². The number of nitrogens with zero attached hydrogens (tertiary/aromatic N) is 4. The van der Waals surface area contributed by atoms with E-state index in [4.69, 9.17) is 20.9 Å². The topological polar surface area (TPSA) is 144 Å². The number of halogens is 1. The van der Waals surface area contributed by atoms with Crippen molar-refractivity contribution in [3.8, 4) is 17.1 Å². The number of carbonyl (C=O) groups is 2. The quantitative estimate of drug-likeness (QED) is 0.245. The Balaban J connectivity index is 1.39. The number of benzene rings is 1. The molecule has 0 unspecified atom stereocenters. The molecule has 0 fully saturated rings. The van der Waals surface area contributed by atoms with Crippen LogP contribution in [0.4, 0.5) is 11.5 Å². The molecule has 12 heteroatoms. The number of ether oxygens (including phenoxy) is 1. The molecule has 0 atom stereocenters. The lowest BCUT2D eigenvalue weighted by Gasteiger charge is -2.11. The van der Waals surface area contributed by atoms with Gasteiger partial charge in [-0.25, -0.2) is 9.97 Å². The van der Waals surface area contributed by atoms with Crippen LogP contribution in [-0.2, 0) is 22.7 Å². The van der Waals surface area contributed by atoms with Gasteiger partial charge in [0, 0.05) is 43.2 Å². The van der Waals surface area contributed by atoms with Crippen LogP contribution in [0.2, 0.25) is 5.02 Å². The second-order valence-corrected chi connectivity index (χ2v) is 8.45. The SMILES string of the molecule is C=C(CNC(C)=O)C(=O)NCc1cc(-c2cncnc2Nc2ccc(OCc3ccccn3)c(Cl)c2)on1. The number of aromatic nitrogens is 4. The van der Waals surface area contributed by atoms with Crippen molar-refractivity contribution in [1.29, 1.82) is 0 Å². The fourth-order valence-corrected chi connectivity index (χ4v) is 3.44. The molecule has 0 aliphatic carbocycles. The molecule has 3 N–H and O–H groups in total. The largest absolute Gasteiger partial charge is 0.486 e. The lowest BCUT2D eigenvalue weighted by atomic mass is 10.2. The smallest absolute Gasteiger partial charge is 0.248 e. The summed E-state index contributed by atoms with van der Waals surface area (Å²) in [5, 5.41) is 12.8. The van der Waals surface area contributed by atoms with Crippen LogP contribution < -0.4 is 20.7 Å². The minimum Gasteiger partial charge on any atom is -0.486 e. The maximum Gasteiger partial charge on any atom is 0.248 e. The van der Waals surface area contributed by atoms with Crippen LogP contribution in [0, 0.1) is 0 Å². The number of rotatable bonds is 11. The monoisotopic (exact) mass is 533 g/mol. The third-order valence-electron chi connectivity index (χ3n) is 5.13. The highest BCUT2D eigenvalue weighted by atomic mass is 35.5. The average molecular weight is 534 g/mol. The van der Waals surface area contributed by atoms with E-state index in [-0.39, 0.29) is 24.6 Å². The van der Waals surface area contributed by atoms with Gasteiger partial charge in [0.05, 0.1) is 22.8 Å². The van der Waals surface area contributed by atoms with Gasteiger partial charge in [-0.2, -0.15) is 0 Å². The molecular weight excluding hydrogens is 510 g/mol. The Morgan fingerprint density at radius 3 is 2.74 bits per heavy atom. The molecule has 2 amide bonds. The number of hydrogen-bond donors (Lipinski definition) is 3. The molecule has 3 aromatic heterocycles. The Hall–Kier alpha value is -4.77. The first-order valence-corrected chi connectivity index (χ1v) is 11.8. The molecule has 194 valence electrons. The first-order chi connectivity index (χ1) is 18.4. The zero-order valence-corrected chi connectivity index (χ0v) is 21.2. The fourth-order valence-electron chi connectivity index (χ4n) is 3.21. The summed E-state index contributed by atoms with van der Waals surface area (Å²) in [5.74, 6) is 0.733. The minimum absolute atomic E-state index is 0.0585. The van der Waals surface area contributed by atoms with Crippen LogP contribution in [0.5, 0.6) is 5.75 Å². The third-order valence-corrected chi connectivity index (χ3v) is 5.43. The summed E-state index contributed by atoms with van der Waals surface area (Å²) >= 11 is 6.43. The molecule has 0 radical (unpaired) electrons. The molecule has 4 aromatic rings. The van der Waals surface area contributed by atoms with Crippen molar-refractivity contribution >= 4 is 34.9 Å². The summed E-state index contributed by atoms with van der Waals surface area (Å²) in [5.41, 5.74) is 2.72. The van der Waals surface area contributed by atoms with Crippen LogP contribution in [0.15, 0.2) is 77.9 Å². The van der Waals surface area contributed by atoms with Crippen molar-refractivity contribution < 1.29 is 18.8 Å². The Bertz CT molecular complexity index is 1440. The highest BCUT2D eigenvalue weighted by molar-refractivity contribution is 6.32. The fraction of sp³-hybridized carbons (Fsp3) is 0.154. The summed E-state index contributed by atoms with van der Waals surface area (Å²) in [4.78, 5) is 35.8. The molecule has 38 heavy (non-hydrogen) atoms. The molecule has 11 nitrogen and oxygen atoms in total. The van der Waals surface area contributed by atoms with Gasteiger partial charge < -0.3 is 25.2 Å². The van der Waals surface area contributed by atoms with E-state index in [0.717, 1.165) is 5.69 Å². The van der Waals surface area contributed by atoms with Gasteiger partial charge in [0.1, 0.15) is 30.2 Å². The van der Waals surface area contributed by atoms with Gasteiger partial charge in [-0.1, -0.05) is 29.4 Å². The van der Waals surface area contributed by atoms with Crippen molar-refractivity contribution in [2.24, 2.45) is 0 Å². The Morgan fingerprint density at radius 2 is 1.97 bits per heavy atom. The van der Waals surface area contributed by atoms with Crippen LogP contribution in [-0.4, -0.2) is 38.5 Å². The summed E-state index contributed by atoms with van der Waals surface area (Å²) in [6.07, 6.45) is 4.68. The number of hydrogen-bond acceptors (Lipinski definition) is 9. The average Bonchev–Trinajstić information content (AvgIpc) is 3.39. The van der Waals surface area contributed by atoms with Gasteiger partial charge in [0.2, 0.25) is 11.8 Å². The van der Waals surface area contributed by atoms with Crippen molar-refractivity contribution in [1.82, 2.24) is 30.7 Å². The van der Waals surface area contributed by atoms with Crippen molar-refractivity contribution in [3.05, 3.63) is 89.7 Å². The predicted octanol–water partition coefficient (Wildman–Crippen LogP) is 3.81. The number of amides is 2. The number of pyridine rings is 1. The number of carbonyl (C=O) groups excluding carboxylic acids is 2. The normalized spacial score (nSPS) is 10.5. The van der Waals surface area contributed by atoms with E-state index < -0.39 is 5.91 Å². The van der Waals surface area contributed by atoms with E-state index in [1.54, 1.807) is 36.7 Å². The Labute approximate surface area is 223 Å². The standard InChI is InChI=1S/C26H24ClN7O4/c1-16(11-30-17(2)35)26(36)31-12-20-10-24(38-34-20)21-13-28-15-32-25(21)33-18-6-7-23(22(27)9-18)37-14-19-5-3-4-8-29-19/h3-10,13,15H,1,11-12,14H2,2H3,(H,30,35)(H,31,36)(H,28,32,33). The summed E-state index contributed by atoms with van der Waals surface area (Å²) < 4.78 is 11.2.